The van der Waals surface area contributed by atoms with Crippen LogP contribution in [0.25, 0.3) is 0 Å². The Kier molecular flexibility index (Phi) is 3.22. The minimum absolute atomic E-state index is 1.15. The second kappa shape index (κ2) is 4.82. The molecule has 1 saturated heterocycles. The fourth-order valence-corrected chi connectivity index (χ4v) is 3.68. The Morgan fingerprint density at radius 3 is 2.94 bits per heavy atom. The van der Waals surface area contributed by atoms with E-state index in [4.69, 9.17) is 4.98 Å². The molecule has 1 aliphatic carbocycles. The van der Waals surface area contributed by atoms with Gasteiger partial charge < -0.3 is 10.2 Å². The van der Waals surface area contributed by atoms with E-state index < -0.39 is 0 Å². The van der Waals surface area contributed by atoms with E-state index in [0.717, 1.165) is 19.5 Å². The molecule has 2 aliphatic rings. The van der Waals surface area contributed by atoms with Gasteiger partial charge in [0, 0.05) is 44.0 Å². The summed E-state index contributed by atoms with van der Waals surface area (Å²) < 4.78 is 0. The monoisotopic (exact) mass is 237 g/mol. The lowest BCUT2D eigenvalue weighted by Crippen LogP contribution is -2.44. The number of hydrogen-bond donors (Lipinski definition) is 1. The van der Waals surface area contributed by atoms with Crippen LogP contribution in [-0.4, -0.2) is 42.6 Å². The molecule has 1 aromatic rings. The van der Waals surface area contributed by atoms with Crippen LogP contribution in [0.1, 0.15) is 22.0 Å². The minimum atomic E-state index is 1.15. The van der Waals surface area contributed by atoms with Gasteiger partial charge in [-0.3, -0.25) is 0 Å². The molecule has 0 atom stereocenters. The number of nitrogens with one attached hydrogen (secondary N) is 1. The van der Waals surface area contributed by atoms with E-state index in [-0.39, 0.29) is 0 Å². The van der Waals surface area contributed by atoms with Crippen molar-refractivity contribution in [2.45, 2.75) is 25.7 Å². The molecule has 1 N–H and O–H groups in total. The third-order valence-corrected chi connectivity index (χ3v) is 4.71. The fourth-order valence-electron chi connectivity index (χ4n) is 2.54. The van der Waals surface area contributed by atoms with Crippen LogP contribution in [-0.2, 0) is 19.3 Å². The summed E-state index contributed by atoms with van der Waals surface area (Å²) in [6.45, 7) is 5.88. The molecule has 0 bridgehead atoms. The van der Waals surface area contributed by atoms with E-state index >= 15 is 0 Å². The van der Waals surface area contributed by atoms with Crippen LogP contribution in [0, 0.1) is 0 Å². The van der Waals surface area contributed by atoms with Gasteiger partial charge in [0.15, 0.2) is 0 Å². The number of piperazine rings is 1. The summed E-state index contributed by atoms with van der Waals surface area (Å²) in [5.41, 5.74) is 1.40. The first-order valence-electron chi connectivity index (χ1n) is 6.32. The first-order chi connectivity index (χ1) is 7.92. The van der Waals surface area contributed by atoms with Crippen molar-refractivity contribution in [2.75, 3.05) is 32.7 Å². The van der Waals surface area contributed by atoms with Crippen LogP contribution in [0.3, 0.4) is 0 Å². The van der Waals surface area contributed by atoms with Gasteiger partial charge in [-0.2, -0.15) is 0 Å². The maximum absolute atomic E-state index is 4.75. The molecular weight excluding hydrogens is 218 g/mol. The summed E-state index contributed by atoms with van der Waals surface area (Å²) in [4.78, 5) is 8.86. The molecule has 1 aromatic heterocycles. The first-order valence-corrected chi connectivity index (χ1v) is 7.14. The maximum Gasteiger partial charge on any atom is 0.0943 e. The molecule has 2 heterocycles. The Labute approximate surface area is 101 Å². The van der Waals surface area contributed by atoms with Gasteiger partial charge in [-0.1, -0.05) is 0 Å². The molecule has 0 saturated carbocycles. The third kappa shape index (κ3) is 2.29. The highest BCUT2D eigenvalue weighted by Gasteiger charge is 2.17. The summed E-state index contributed by atoms with van der Waals surface area (Å²) in [7, 11) is 0. The molecule has 1 fully saturated rings. The predicted octanol–water partition coefficient (Wildman–Crippen LogP) is 1.08. The third-order valence-electron chi connectivity index (χ3n) is 3.49. The van der Waals surface area contributed by atoms with E-state index in [1.54, 1.807) is 4.88 Å². The van der Waals surface area contributed by atoms with Crippen LogP contribution in [0.4, 0.5) is 0 Å². The number of hydrogen-bond acceptors (Lipinski definition) is 4. The largest absolute Gasteiger partial charge is 0.314 e. The number of rotatable bonds is 3. The smallest absolute Gasteiger partial charge is 0.0943 e. The summed E-state index contributed by atoms with van der Waals surface area (Å²) >= 11 is 1.96. The van der Waals surface area contributed by atoms with Gasteiger partial charge in [-0.05, 0) is 19.3 Å². The molecule has 0 radical (unpaired) electrons. The van der Waals surface area contributed by atoms with Gasteiger partial charge >= 0.3 is 0 Å². The topological polar surface area (TPSA) is 28.2 Å². The SMILES string of the molecule is C1Cc2nc(CCN3CCNCC3)sc2C1. The summed E-state index contributed by atoms with van der Waals surface area (Å²) in [5, 5.41) is 4.75. The van der Waals surface area contributed by atoms with Crippen molar-refractivity contribution in [3.05, 3.63) is 15.6 Å². The van der Waals surface area contributed by atoms with Crippen molar-refractivity contribution >= 4 is 11.3 Å². The van der Waals surface area contributed by atoms with Crippen molar-refractivity contribution in [3.63, 3.8) is 0 Å². The van der Waals surface area contributed by atoms with Crippen LogP contribution in [0.2, 0.25) is 0 Å². The number of nitrogens with zero attached hydrogens (tertiary/aromatic N) is 2. The Morgan fingerprint density at radius 2 is 2.12 bits per heavy atom. The standard InChI is InChI=1S/C12H19N3S/c1-2-10-11(3-1)16-12(14-10)4-7-15-8-5-13-6-9-15/h13H,1-9H2. The predicted molar refractivity (Wildman–Crippen MR) is 67.2 cm³/mol. The van der Waals surface area contributed by atoms with E-state index in [2.05, 4.69) is 10.2 Å². The lowest BCUT2D eigenvalue weighted by molar-refractivity contribution is 0.244. The molecule has 3 rings (SSSR count). The Morgan fingerprint density at radius 1 is 1.25 bits per heavy atom. The summed E-state index contributed by atoms with van der Waals surface area (Å²) in [5.74, 6) is 0. The van der Waals surface area contributed by atoms with E-state index in [0.29, 0.717) is 0 Å². The lowest BCUT2D eigenvalue weighted by Gasteiger charge is -2.26. The highest BCUT2D eigenvalue weighted by atomic mass is 32.1. The average molecular weight is 237 g/mol. The molecule has 4 heteroatoms. The number of aromatic nitrogens is 1. The Balaban J connectivity index is 1.53. The second-order valence-electron chi connectivity index (χ2n) is 4.67. The molecular formula is C12H19N3S. The van der Waals surface area contributed by atoms with Crippen LogP contribution in [0.5, 0.6) is 0 Å². The van der Waals surface area contributed by atoms with Crippen molar-refractivity contribution in [3.8, 4) is 0 Å². The number of aryl methyl sites for hydroxylation is 2. The number of fused-ring (bicyclic) bond motifs is 1. The molecule has 0 aromatic carbocycles. The molecule has 0 spiro atoms. The van der Waals surface area contributed by atoms with Gasteiger partial charge in [0.25, 0.3) is 0 Å². The molecule has 0 amide bonds. The molecule has 1 aliphatic heterocycles. The zero-order valence-electron chi connectivity index (χ0n) is 9.67. The Bertz CT molecular complexity index is 334. The molecule has 16 heavy (non-hydrogen) atoms. The molecule has 3 nitrogen and oxygen atoms in total. The fraction of sp³-hybridized carbons (Fsp3) is 0.750. The van der Waals surface area contributed by atoms with Gasteiger partial charge in [0.2, 0.25) is 0 Å². The van der Waals surface area contributed by atoms with Gasteiger partial charge in [0.05, 0.1) is 10.7 Å². The van der Waals surface area contributed by atoms with Crippen molar-refractivity contribution in [2.24, 2.45) is 0 Å². The van der Waals surface area contributed by atoms with Crippen LogP contribution >= 0.6 is 11.3 Å². The van der Waals surface area contributed by atoms with Crippen LogP contribution in [0.15, 0.2) is 0 Å². The average Bonchev–Trinajstić information content (AvgIpc) is 2.88. The molecule has 0 unspecified atom stereocenters. The van der Waals surface area contributed by atoms with E-state index in [1.165, 1.54) is 49.6 Å². The van der Waals surface area contributed by atoms with Crippen LogP contribution < -0.4 is 5.32 Å². The first kappa shape index (κ1) is 10.7. The normalized spacial score (nSPS) is 21.2. The second-order valence-corrected chi connectivity index (χ2v) is 5.84. The van der Waals surface area contributed by atoms with Crippen molar-refractivity contribution in [1.82, 2.24) is 15.2 Å². The lowest BCUT2D eigenvalue weighted by atomic mass is 10.3. The summed E-state index contributed by atoms with van der Waals surface area (Å²) in [6, 6.07) is 0. The maximum atomic E-state index is 4.75. The minimum Gasteiger partial charge on any atom is -0.314 e. The summed E-state index contributed by atoms with van der Waals surface area (Å²) in [6.07, 6.45) is 4.98. The molecule has 88 valence electrons. The zero-order chi connectivity index (χ0) is 10.8. The zero-order valence-corrected chi connectivity index (χ0v) is 10.5. The van der Waals surface area contributed by atoms with Gasteiger partial charge in [0.1, 0.15) is 0 Å². The highest BCUT2D eigenvalue weighted by Crippen LogP contribution is 2.27. The van der Waals surface area contributed by atoms with Crippen molar-refractivity contribution in [1.29, 1.82) is 0 Å². The van der Waals surface area contributed by atoms with Gasteiger partial charge in [-0.25, -0.2) is 4.98 Å². The number of thiazole rings is 1. The highest BCUT2D eigenvalue weighted by molar-refractivity contribution is 7.11. The Hall–Kier alpha value is -0.450. The van der Waals surface area contributed by atoms with E-state index in [1.807, 2.05) is 11.3 Å². The van der Waals surface area contributed by atoms with E-state index in [9.17, 15) is 0 Å². The van der Waals surface area contributed by atoms with Gasteiger partial charge in [-0.15, -0.1) is 11.3 Å². The quantitative estimate of drug-likeness (QED) is 0.852. The van der Waals surface area contributed by atoms with Crippen molar-refractivity contribution < 1.29 is 0 Å².